The molecule has 0 aliphatic heterocycles. The average Bonchev–Trinajstić information content (AvgIpc) is 2.95. The number of nitrogens with one attached hydrogen (secondary N) is 1. The van der Waals surface area contributed by atoms with E-state index in [2.05, 4.69) is 11.6 Å². The van der Waals surface area contributed by atoms with Gasteiger partial charge in [0.1, 0.15) is 0 Å². The Bertz CT molecular complexity index is 496. The highest BCUT2D eigenvalue weighted by atomic mass is 32.2. The highest BCUT2D eigenvalue weighted by Crippen LogP contribution is 2.30. The molecule has 2 rings (SSSR count). The molecule has 6 heteroatoms. The lowest BCUT2D eigenvalue weighted by atomic mass is 9.99. The summed E-state index contributed by atoms with van der Waals surface area (Å²) in [5.74, 6) is 1.10. The molecule has 1 aromatic rings. The second-order valence-electron chi connectivity index (χ2n) is 4.97. The molecule has 0 bridgehead atoms. The van der Waals surface area contributed by atoms with Crippen LogP contribution in [0.25, 0.3) is 0 Å². The molecule has 0 aromatic carbocycles. The molecule has 1 aliphatic carbocycles. The van der Waals surface area contributed by atoms with Gasteiger partial charge in [-0.05, 0) is 24.3 Å². The van der Waals surface area contributed by atoms with E-state index in [1.165, 1.54) is 24.2 Å². The first kappa shape index (κ1) is 14.0. The minimum Gasteiger partial charge on any atom is -0.326 e. The summed E-state index contributed by atoms with van der Waals surface area (Å²) in [6, 6.07) is 1.66. The van der Waals surface area contributed by atoms with E-state index in [4.69, 9.17) is 5.73 Å². The standard InChI is InChI=1S/C12H20N2O2S2/c1-9-3-2-4-10(9)7-14-18(15,16)12-5-11(6-13)17-8-12/h5,8-10,14H,2-4,6-7,13H2,1H3. The maximum atomic E-state index is 12.1. The number of rotatable bonds is 5. The van der Waals surface area contributed by atoms with Crippen LogP contribution in [0.5, 0.6) is 0 Å². The molecule has 18 heavy (non-hydrogen) atoms. The van der Waals surface area contributed by atoms with Crippen LogP contribution in [0.15, 0.2) is 16.3 Å². The van der Waals surface area contributed by atoms with Crippen LogP contribution in [-0.2, 0) is 16.6 Å². The van der Waals surface area contributed by atoms with Crippen molar-refractivity contribution in [2.24, 2.45) is 17.6 Å². The van der Waals surface area contributed by atoms with Crippen molar-refractivity contribution < 1.29 is 8.42 Å². The van der Waals surface area contributed by atoms with Crippen LogP contribution in [-0.4, -0.2) is 15.0 Å². The van der Waals surface area contributed by atoms with E-state index in [9.17, 15) is 8.42 Å². The van der Waals surface area contributed by atoms with Crippen LogP contribution in [0.1, 0.15) is 31.1 Å². The van der Waals surface area contributed by atoms with Crippen LogP contribution >= 0.6 is 11.3 Å². The fourth-order valence-corrected chi connectivity index (χ4v) is 4.68. The second kappa shape index (κ2) is 5.69. The molecule has 1 aromatic heterocycles. The van der Waals surface area contributed by atoms with E-state index < -0.39 is 10.0 Å². The lowest BCUT2D eigenvalue weighted by Gasteiger charge is -2.15. The maximum Gasteiger partial charge on any atom is 0.241 e. The maximum absolute atomic E-state index is 12.1. The van der Waals surface area contributed by atoms with Gasteiger partial charge in [-0.2, -0.15) is 0 Å². The van der Waals surface area contributed by atoms with Crippen LogP contribution in [0.3, 0.4) is 0 Å². The van der Waals surface area contributed by atoms with Crippen molar-refractivity contribution in [2.45, 2.75) is 37.6 Å². The van der Waals surface area contributed by atoms with E-state index in [0.29, 0.717) is 29.8 Å². The van der Waals surface area contributed by atoms with Gasteiger partial charge in [-0.15, -0.1) is 11.3 Å². The van der Waals surface area contributed by atoms with Gasteiger partial charge >= 0.3 is 0 Å². The Hall–Kier alpha value is -0.430. The monoisotopic (exact) mass is 288 g/mol. The number of sulfonamides is 1. The summed E-state index contributed by atoms with van der Waals surface area (Å²) < 4.78 is 26.9. The molecule has 3 N–H and O–H groups in total. The van der Waals surface area contributed by atoms with Crippen molar-refractivity contribution >= 4 is 21.4 Å². The van der Waals surface area contributed by atoms with E-state index in [1.54, 1.807) is 11.4 Å². The van der Waals surface area contributed by atoms with Crippen LogP contribution in [0.2, 0.25) is 0 Å². The van der Waals surface area contributed by atoms with Crippen molar-refractivity contribution in [1.82, 2.24) is 4.72 Å². The Labute approximate surface area is 113 Å². The molecule has 0 amide bonds. The van der Waals surface area contributed by atoms with Crippen molar-refractivity contribution in [3.8, 4) is 0 Å². The Balaban J connectivity index is 1.98. The number of hydrogen-bond donors (Lipinski definition) is 2. The van der Waals surface area contributed by atoms with Crippen molar-refractivity contribution in [2.75, 3.05) is 6.54 Å². The Morgan fingerprint density at radius 1 is 1.50 bits per heavy atom. The topological polar surface area (TPSA) is 72.2 Å². The SMILES string of the molecule is CC1CCCC1CNS(=O)(=O)c1csc(CN)c1. The summed E-state index contributed by atoms with van der Waals surface area (Å²) >= 11 is 1.39. The third-order valence-corrected chi connectivity index (χ3v) is 6.23. The molecule has 0 radical (unpaired) electrons. The van der Waals surface area contributed by atoms with Gasteiger partial charge in [0.2, 0.25) is 10.0 Å². The second-order valence-corrected chi connectivity index (χ2v) is 7.74. The summed E-state index contributed by atoms with van der Waals surface area (Å²) in [7, 11) is -3.36. The normalized spacial score (nSPS) is 24.6. The fourth-order valence-electron chi connectivity index (χ4n) is 2.43. The molecule has 1 heterocycles. The number of thiophene rings is 1. The summed E-state index contributed by atoms with van der Waals surface area (Å²) in [5, 5.41) is 1.66. The first-order valence-corrected chi connectivity index (χ1v) is 8.66. The third-order valence-electron chi connectivity index (χ3n) is 3.72. The zero-order chi connectivity index (χ0) is 13.2. The quantitative estimate of drug-likeness (QED) is 0.869. The smallest absolute Gasteiger partial charge is 0.241 e. The molecule has 4 nitrogen and oxygen atoms in total. The molecule has 2 atom stereocenters. The lowest BCUT2D eigenvalue weighted by Crippen LogP contribution is -2.30. The van der Waals surface area contributed by atoms with Crippen LogP contribution < -0.4 is 10.5 Å². The number of nitrogens with two attached hydrogens (primary N) is 1. The molecule has 0 saturated heterocycles. The van der Waals surface area contributed by atoms with E-state index >= 15 is 0 Å². The zero-order valence-electron chi connectivity index (χ0n) is 10.6. The van der Waals surface area contributed by atoms with Gasteiger partial charge in [-0.25, -0.2) is 13.1 Å². The summed E-state index contributed by atoms with van der Waals surface area (Å²) in [4.78, 5) is 1.24. The number of hydrogen-bond acceptors (Lipinski definition) is 4. The summed E-state index contributed by atoms with van der Waals surface area (Å²) in [5.41, 5.74) is 5.49. The van der Waals surface area contributed by atoms with Crippen molar-refractivity contribution in [3.63, 3.8) is 0 Å². The van der Waals surface area contributed by atoms with Crippen molar-refractivity contribution in [1.29, 1.82) is 0 Å². The first-order valence-electron chi connectivity index (χ1n) is 6.30. The molecule has 1 fully saturated rings. The summed E-state index contributed by atoms with van der Waals surface area (Å²) in [6.45, 7) is 3.14. The highest BCUT2D eigenvalue weighted by molar-refractivity contribution is 7.89. The molecular formula is C12H20N2O2S2. The highest BCUT2D eigenvalue weighted by Gasteiger charge is 2.25. The Kier molecular flexibility index (Phi) is 4.42. The van der Waals surface area contributed by atoms with Crippen molar-refractivity contribution in [3.05, 3.63) is 16.3 Å². The fraction of sp³-hybridized carbons (Fsp3) is 0.667. The Morgan fingerprint density at radius 2 is 2.28 bits per heavy atom. The zero-order valence-corrected chi connectivity index (χ0v) is 12.2. The molecule has 102 valence electrons. The molecule has 1 aliphatic rings. The van der Waals surface area contributed by atoms with Gasteiger partial charge in [0.05, 0.1) is 4.90 Å². The van der Waals surface area contributed by atoms with Gasteiger partial charge in [0.15, 0.2) is 0 Å². The van der Waals surface area contributed by atoms with E-state index in [1.807, 2.05) is 0 Å². The van der Waals surface area contributed by atoms with Gasteiger partial charge in [0, 0.05) is 23.3 Å². The van der Waals surface area contributed by atoms with Crippen LogP contribution in [0.4, 0.5) is 0 Å². The molecule has 0 spiro atoms. The van der Waals surface area contributed by atoms with Gasteiger partial charge in [-0.1, -0.05) is 19.8 Å². The largest absolute Gasteiger partial charge is 0.326 e. The molecule has 2 unspecified atom stereocenters. The first-order chi connectivity index (χ1) is 8.53. The molecular weight excluding hydrogens is 268 g/mol. The minimum absolute atomic E-state index is 0.346. The Morgan fingerprint density at radius 3 is 2.83 bits per heavy atom. The predicted molar refractivity (Wildman–Crippen MR) is 73.9 cm³/mol. The molecule has 1 saturated carbocycles. The van der Waals surface area contributed by atoms with Gasteiger partial charge < -0.3 is 5.73 Å². The van der Waals surface area contributed by atoms with Crippen LogP contribution in [0, 0.1) is 11.8 Å². The minimum atomic E-state index is -3.36. The summed E-state index contributed by atoms with van der Waals surface area (Å²) in [6.07, 6.45) is 3.55. The van der Waals surface area contributed by atoms with E-state index in [-0.39, 0.29) is 0 Å². The van der Waals surface area contributed by atoms with Gasteiger partial charge in [0.25, 0.3) is 0 Å². The van der Waals surface area contributed by atoms with E-state index in [0.717, 1.165) is 11.3 Å². The lowest BCUT2D eigenvalue weighted by molar-refractivity contribution is 0.414. The third kappa shape index (κ3) is 3.12. The predicted octanol–water partition coefficient (Wildman–Crippen LogP) is 1.92. The van der Waals surface area contributed by atoms with Gasteiger partial charge in [-0.3, -0.25) is 0 Å². The average molecular weight is 288 g/mol.